The van der Waals surface area contributed by atoms with Gasteiger partial charge in [0.25, 0.3) is 0 Å². The van der Waals surface area contributed by atoms with Crippen molar-refractivity contribution in [2.24, 2.45) is 0 Å². The summed E-state index contributed by atoms with van der Waals surface area (Å²) in [6.07, 6.45) is 3.74. The van der Waals surface area contributed by atoms with Crippen LogP contribution in [-0.2, 0) is 0 Å². The second kappa shape index (κ2) is 5.37. The molecule has 1 aromatic carbocycles. The van der Waals surface area contributed by atoms with Crippen molar-refractivity contribution < 1.29 is 9.47 Å². The predicted molar refractivity (Wildman–Crippen MR) is 87.6 cm³/mol. The normalized spacial score (nSPS) is 11.6. The smallest absolute Gasteiger partial charge is 0.137 e. The van der Waals surface area contributed by atoms with E-state index in [1.807, 2.05) is 61.7 Å². The van der Waals surface area contributed by atoms with Crippen molar-refractivity contribution in [1.82, 2.24) is 9.38 Å². The van der Waals surface area contributed by atoms with E-state index in [9.17, 15) is 0 Å². The van der Waals surface area contributed by atoms with Gasteiger partial charge in [-0.05, 0) is 45.0 Å². The SMILES string of the molecule is COc1cc(OC(C)(C)C)ccc1-c1cccc2nccn12. The Labute approximate surface area is 130 Å². The summed E-state index contributed by atoms with van der Waals surface area (Å²) >= 11 is 0. The van der Waals surface area contributed by atoms with E-state index in [0.29, 0.717) is 0 Å². The van der Waals surface area contributed by atoms with Crippen molar-refractivity contribution in [2.75, 3.05) is 7.11 Å². The lowest BCUT2D eigenvalue weighted by Crippen LogP contribution is -2.22. The molecule has 0 spiro atoms. The van der Waals surface area contributed by atoms with Crippen LogP contribution in [0, 0.1) is 0 Å². The third-order valence-electron chi connectivity index (χ3n) is 3.30. The third-order valence-corrected chi connectivity index (χ3v) is 3.30. The minimum Gasteiger partial charge on any atom is -0.496 e. The largest absolute Gasteiger partial charge is 0.496 e. The van der Waals surface area contributed by atoms with Crippen LogP contribution in [0.2, 0.25) is 0 Å². The van der Waals surface area contributed by atoms with Crippen LogP contribution in [-0.4, -0.2) is 22.1 Å². The average molecular weight is 296 g/mol. The fourth-order valence-corrected chi connectivity index (χ4v) is 2.47. The quantitative estimate of drug-likeness (QED) is 0.727. The van der Waals surface area contributed by atoms with Crippen LogP contribution in [0.25, 0.3) is 16.9 Å². The summed E-state index contributed by atoms with van der Waals surface area (Å²) < 4.78 is 13.5. The molecule has 0 amide bonds. The summed E-state index contributed by atoms with van der Waals surface area (Å²) in [7, 11) is 1.67. The molecule has 4 nitrogen and oxygen atoms in total. The van der Waals surface area contributed by atoms with Gasteiger partial charge in [0.05, 0.1) is 12.8 Å². The molecule has 0 aliphatic heterocycles. The van der Waals surface area contributed by atoms with Crippen LogP contribution in [0.4, 0.5) is 0 Å². The lowest BCUT2D eigenvalue weighted by atomic mass is 10.1. The summed E-state index contributed by atoms with van der Waals surface area (Å²) in [5, 5.41) is 0. The molecule has 114 valence electrons. The van der Waals surface area contributed by atoms with Crippen molar-refractivity contribution in [1.29, 1.82) is 0 Å². The Bertz CT molecular complexity index is 800. The second-order valence-corrected chi connectivity index (χ2v) is 6.14. The van der Waals surface area contributed by atoms with Gasteiger partial charge in [-0.3, -0.25) is 4.40 Å². The molecular formula is C18H20N2O2. The molecule has 0 saturated carbocycles. The second-order valence-electron chi connectivity index (χ2n) is 6.14. The van der Waals surface area contributed by atoms with Crippen LogP contribution in [0.1, 0.15) is 20.8 Å². The van der Waals surface area contributed by atoms with Crippen LogP contribution < -0.4 is 9.47 Å². The van der Waals surface area contributed by atoms with E-state index >= 15 is 0 Å². The van der Waals surface area contributed by atoms with Crippen LogP contribution in [0.5, 0.6) is 11.5 Å². The molecule has 0 fully saturated rings. The van der Waals surface area contributed by atoms with Crippen molar-refractivity contribution in [3.63, 3.8) is 0 Å². The van der Waals surface area contributed by atoms with E-state index in [1.54, 1.807) is 13.3 Å². The van der Waals surface area contributed by atoms with Gasteiger partial charge in [0.1, 0.15) is 22.7 Å². The van der Waals surface area contributed by atoms with Gasteiger partial charge in [0.2, 0.25) is 0 Å². The number of aromatic nitrogens is 2. The highest BCUT2D eigenvalue weighted by molar-refractivity contribution is 5.71. The van der Waals surface area contributed by atoms with Gasteiger partial charge in [0.15, 0.2) is 0 Å². The number of hydrogen-bond donors (Lipinski definition) is 0. The number of rotatable bonds is 3. The number of ether oxygens (including phenoxy) is 2. The van der Waals surface area contributed by atoms with Gasteiger partial charge in [-0.1, -0.05) is 6.07 Å². The lowest BCUT2D eigenvalue weighted by molar-refractivity contribution is 0.130. The van der Waals surface area contributed by atoms with E-state index in [1.165, 1.54) is 0 Å². The molecule has 3 rings (SSSR count). The Morgan fingerprint density at radius 1 is 1.09 bits per heavy atom. The Hall–Kier alpha value is -2.49. The first-order valence-corrected chi connectivity index (χ1v) is 7.27. The Kier molecular flexibility index (Phi) is 3.53. The minimum atomic E-state index is -0.239. The molecule has 0 saturated heterocycles. The molecule has 0 bridgehead atoms. The molecule has 0 N–H and O–H groups in total. The average Bonchev–Trinajstić information content (AvgIpc) is 2.94. The number of fused-ring (bicyclic) bond motifs is 1. The first kappa shape index (κ1) is 14.4. The molecule has 2 aromatic heterocycles. The highest BCUT2D eigenvalue weighted by Crippen LogP contribution is 2.34. The Balaban J connectivity index is 2.09. The number of imidazole rings is 1. The lowest BCUT2D eigenvalue weighted by Gasteiger charge is -2.22. The Morgan fingerprint density at radius 2 is 1.91 bits per heavy atom. The molecule has 22 heavy (non-hydrogen) atoms. The van der Waals surface area contributed by atoms with Crippen LogP contribution >= 0.6 is 0 Å². The molecule has 2 heterocycles. The molecule has 0 aliphatic carbocycles. The zero-order valence-corrected chi connectivity index (χ0v) is 13.3. The van der Waals surface area contributed by atoms with Crippen LogP contribution in [0.15, 0.2) is 48.8 Å². The number of benzene rings is 1. The third kappa shape index (κ3) is 2.77. The van der Waals surface area contributed by atoms with E-state index < -0.39 is 0 Å². The summed E-state index contributed by atoms with van der Waals surface area (Å²) in [5.74, 6) is 1.58. The molecular weight excluding hydrogens is 276 g/mol. The van der Waals surface area contributed by atoms with Gasteiger partial charge in [-0.15, -0.1) is 0 Å². The monoisotopic (exact) mass is 296 g/mol. The van der Waals surface area contributed by atoms with E-state index in [4.69, 9.17) is 9.47 Å². The van der Waals surface area contributed by atoms with Crippen molar-refractivity contribution >= 4 is 5.65 Å². The minimum absolute atomic E-state index is 0.239. The number of methoxy groups -OCH3 is 1. The summed E-state index contributed by atoms with van der Waals surface area (Å²) in [4.78, 5) is 4.32. The summed E-state index contributed by atoms with van der Waals surface area (Å²) in [6, 6.07) is 11.9. The van der Waals surface area contributed by atoms with Gasteiger partial charge in [0, 0.05) is 24.0 Å². The standard InChI is InChI=1S/C18H20N2O2/c1-18(2,3)22-13-8-9-14(16(12-13)21-4)15-6-5-7-17-19-10-11-20(15)17/h5-12H,1-4H3. The van der Waals surface area contributed by atoms with E-state index in [0.717, 1.165) is 28.4 Å². The van der Waals surface area contributed by atoms with Gasteiger partial charge >= 0.3 is 0 Å². The van der Waals surface area contributed by atoms with Crippen molar-refractivity contribution in [3.05, 3.63) is 48.8 Å². The van der Waals surface area contributed by atoms with Crippen molar-refractivity contribution in [3.8, 4) is 22.8 Å². The van der Waals surface area contributed by atoms with Gasteiger partial charge < -0.3 is 9.47 Å². The summed E-state index contributed by atoms with van der Waals surface area (Å²) in [5.41, 5.74) is 2.72. The predicted octanol–water partition coefficient (Wildman–Crippen LogP) is 4.19. The molecule has 4 heteroatoms. The molecule has 0 aliphatic rings. The number of nitrogens with zero attached hydrogens (tertiary/aromatic N) is 2. The first-order valence-electron chi connectivity index (χ1n) is 7.27. The van der Waals surface area contributed by atoms with Crippen LogP contribution in [0.3, 0.4) is 0 Å². The maximum Gasteiger partial charge on any atom is 0.137 e. The van der Waals surface area contributed by atoms with Gasteiger partial charge in [-0.25, -0.2) is 4.98 Å². The first-order chi connectivity index (χ1) is 10.5. The van der Waals surface area contributed by atoms with Crippen molar-refractivity contribution in [2.45, 2.75) is 26.4 Å². The maximum absolute atomic E-state index is 5.91. The number of pyridine rings is 1. The zero-order valence-electron chi connectivity index (χ0n) is 13.3. The van der Waals surface area contributed by atoms with E-state index in [-0.39, 0.29) is 5.60 Å². The topological polar surface area (TPSA) is 35.8 Å². The Morgan fingerprint density at radius 3 is 2.64 bits per heavy atom. The maximum atomic E-state index is 5.91. The molecule has 3 aromatic rings. The number of hydrogen-bond acceptors (Lipinski definition) is 3. The van der Waals surface area contributed by atoms with Gasteiger partial charge in [-0.2, -0.15) is 0 Å². The zero-order chi connectivity index (χ0) is 15.7. The molecule has 0 radical (unpaired) electrons. The molecule has 0 atom stereocenters. The highest BCUT2D eigenvalue weighted by atomic mass is 16.5. The highest BCUT2D eigenvalue weighted by Gasteiger charge is 2.15. The fourth-order valence-electron chi connectivity index (χ4n) is 2.47. The molecule has 0 unspecified atom stereocenters. The fraction of sp³-hybridized carbons (Fsp3) is 0.278. The summed E-state index contributed by atoms with van der Waals surface area (Å²) in [6.45, 7) is 6.08. The van der Waals surface area contributed by atoms with E-state index in [2.05, 4.69) is 11.1 Å².